The molecule has 0 aromatic carbocycles. The quantitative estimate of drug-likeness (QED) is 0.224. The van der Waals surface area contributed by atoms with E-state index in [-0.39, 0.29) is 35.3 Å². The standard InChI is InChI=1S/C9H12N2O2.Na/c1-6-9(8(13)4-5-12)7(2)11(3)10-6;/h4-5,12H,1-3H3;/q;+1/p-1. The molecule has 1 aromatic rings. The van der Waals surface area contributed by atoms with Crippen molar-refractivity contribution in [2.24, 2.45) is 7.05 Å². The number of ketones is 1. The second-order valence-corrected chi connectivity index (χ2v) is 2.84. The Labute approximate surface area is 105 Å². The molecule has 0 bridgehead atoms. The first-order valence-electron chi connectivity index (χ1n) is 3.91. The maximum atomic E-state index is 11.4. The van der Waals surface area contributed by atoms with Crippen LogP contribution in [-0.2, 0) is 7.05 Å². The number of carbonyl (C=O) groups is 1. The maximum absolute atomic E-state index is 11.4. The first kappa shape index (κ1) is 13.4. The van der Waals surface area contributed by atoms with Crippen molar-refractivity contribution in [3.05, 3.63) is 29.3 Å². The van der Waals surface area contributed by atoms with Crippen molar-refractivity contribution in [1.29, 1.82) is 0 Å². The smallest absolute Gasteiger partial charge is 0.878 e. The van der Waals surface area contributed by atoms with Crippen LogP contribution in [0.4, 0.5) is 0 Å². The largest absolute Gasteiger partial charge is 1.00 e. The summed E-state index contributed by atoms with van der Waals surface area (Å²) in [5.41, 5.74) is 1.96. The molecule has 0 N–H and O–H groups in total. The van der Waals surface area contributed by atoms with Gasteiger partial charge in [0.2, 0.25) is 0 Å². The fraction of sp³-hybridized carbons (Fsp3) is 0.333. The topological polar surface area (TPSA) is 58.0 Å². The number of aryl methyl sites for hydroxylation is 2. The molecule has 0 aliphatic heterocycles. The van der Waals surface area contributed by atoms with Crippen LogP contribution in [0, 0.1) is 13.8 Å². The molecule has 1 heterocycles. The average molecular weight is 202 g/mol. The van der Waals surface area contributed by atoms with Crippen LogP contribution >= 0.6 is 0 Å². The van der Waals surface area contributed by atoms with E-state index in [9.17, 15) is 9.90 Å². The van der Waals surface area contributed by atoms with Crippen LogP contribution < -0.4 is 34.7 Å². The molecule has 4 nitrogen and oxygen atoms in total. The summed E-state index contributed by atoms with van der Waals surface area (Å²) in [6, 6.07) is 0. The van der Waals surface area contributed by atoms with Crippen LogP contribution in [0.5, 0.6) is 0 Å². The molecule has 0 saturated heterocycles. The van der Waals surface area contributed by atoms with E-state index in [1.54, 1.807) is 25.6 Å². The van der Waals surface area contributed by atoms with Gasteiger partial charge in [-0.1, -0.05) is 0 Å². The summed E-state index contributed by atoms with van der Waals surface area (Å²) in [5, 5.41) is 14.2. The van der Waals surface area contributed by atoms with Gasteiger partial charge in [-0.05, 0) is 19.9 Å². The SMILES string of the molecule is Cc1nn(C)c(C)c1C(=O)C=C[O-].[Na+]. The van der Waals surface area contributed by atoms with Crippen LogP contribution in [-0.4, -0.2) is 15.6 Å². The van der Waals surface area contributed by atoms with Crippen molar-refractivity contribution < 1.29 is 39.5 Å². The minimum atomic E-state index is -0.280. The van der Waals surface area contributed by atoms with Gasteiger partial charge in [0.05, 0.1) is 11.3 Å². The number of allylic oxidation sites excluding steroid dienone is 1. The van der Waals surface area contributed by atoms with E-state index < -0.39 is 0 Å². The third-order valence-electron chi connectivity index (χ3n) is 1.97. The van der Waals surface area contributed by atoms with Gasteiger partial charge in [0.15, 0.2) is 5.78 Å². The fourth-order valence-electron chi connectivity index (χ4n) is 1.28. The zero-order valence-electron chi connectivity index (χ0n) is 8.87. The van der Waals surface area contributed by atoms with E-state index in [0.717, 1.165) is 11.8 Å². The van der Waals surface area contributed by atoms with Crippen LogP contribution in [0.25, 0.3) is 0 Å². The Kier molecular flexibility index (Phi) is 5.12. The summed E-state index contributed by atoms with van der Waals surface area (Å²) < 4.78 is 1.63. The molecular formula is C9H11N2NaO2. The van der Waals surface area contributed by atoms with Gasteiger partial charge in [-0.2, -0.15) is 5.10 Å². The summed E-state index contributed by atoms with van der Waals surface area (Å²) in [5.74, 6) is -0.280. The third kappa shape index (κ3) is 2.47. The number of aromatic nitrogens is 2. The maximum Gasteiger partial charge on any atom is 1.00 e. The van der Waals surface area contributed by atoms with Gasteiger partial charge in [-0.3, -0.25) is 9.48 Å². The number of hydrogen-bond donors (Lipinski definition) is 0. The third-order valence-corrected chi connectivity index (χ3v) is 1.97. The number of hydrogen-bond acceptors (Lipinski definition) is 3. The van der Waals surface area contributed by atoms with Crippen molar-refractivity contribution >= 4 is 5.78 Å². The molecule has 0 spiro atoms. The Bertz CT molecular complexity index is 369. The van der Waals surface area contributed by atoms with Gasteiger partial charge in [-0.15, -0.1) is 6.26 Å². The van der Waals surface area contributed by atoms with Crippen LogP contribution in [0.3, 0.4) is 0 Å². The Morgan fingerprint density at radius 3 is 2.43 bits per heavy atom. The predicted octanol–water partition coefficient (Wildman–Crippen LogP) is -2.90. The van der Waals surface area contributed by atoms with Gasteiger partial charge >= 0.3 is 29.6 Å². The Morgan fingerprint density at radius 2 is 2.07 bits per heavy atom. The second-order valence-electron chi connectivity index (χ2n) is 2.84. The monoisotopic (exact) mass is 202 g/mol. The molecule has 70 valence electrons. The van der Waals surface area contributed by atoms with Crippen molar-refractivity contribution in [2.45, 2.75) is 13.8 Å². The molecule has 0 saturated carbocycles. The summed E-state index contributed by atoms with van der Waals surface area (Å²) in [4.78, 5) is 11.4. The Hall–Kier alpha value is -0.580. The molecule has 0 unspecified atom stereocenters. The van der Waals surface area contributed by atoms with E-state index in [2.05, 4.69) is 5.10 Å². The number of carbonyl (C=O) groups excluding carboxylic acids is 1. The average Bonchev–Trinajstić information content (AvgIpc) is 2.27. The van der Waals surface area contributed by atoms with Gasteiger partial charge in [0.1, 0.15) is 0 Å². The molecule has 0 atom stereocenters. The Morgan fingerprint density at radius 1 is 1.50 bits per heavy atom. The molecule has 1 rings (SSSR count). The number of nitrogens with zero attached hydrogens (tertiary/aromatic N) is 2. The summed E-state index contributed by atoms with van der Waals surface area (Å²) in [6.07, 6.45) is 1.51. The molecule has 0 fully saturated rings. The zero-order valence-corrected chi connectivity index (χ0v) is 10.9. The minimum absolute atomic E-state index is 0. The molecule has 1 aromatic heterocycles. The first-order chi connectivity index (χ1) is 6.07. The van der Waals surface area contributed by atoms with Gasteiger partial charge in [0, 0.05) is 12.7 Å². The van der Waals surface area contributed by atoms with Gasteiger partial charge in [0.25, 0.3) is 0 Å². The molecule has 0 radical (unpaired) electrons. The van der Waals surface area contributed by atoms with E-state index in [1.165, 1.54) is 0 Å². The van der Waals surface area contributed by atoms with Crippen molar-refractivity contribution in [2.75, 3.05) is 0 Å². The normalized spacial score (nSPS) is 10.2. The summed E-state index contributed by atoms with van der Waals surface area (Å²) >= 11 is 0. The molecule has 0 aliphatic carbocycles. The molecular weight excluding hydrogens is 191 g/mol. The number of rotatable bonds is 2. The Balaban J connectivity index is 0.00000169. The fourth-order valence-corrected chi connectivity index (χ4v) is 1.28. The van der Waals surface area contributed by atoms with Gasteiger partial charge in [-0.25, -0.2) is 0 Å². The summed E-state index contributed by atoms with van der Waals surface area (Å²) in [6.45, 7) is 3.55. The van der Waals surface area contributed by atoms with Crippen LogP contribution in [0.1, 0.15) is 21.7 Å². The van der Waals surface area contributed by atoms with E-state index in [0.29, 0.717) is 17.5 Å². The van der Waals surface area contributed by atoms with Crippen LogP contribution in [0.15, 0.2) is 12.3 Å². The molecule has 0 aliphatic rings. The van der Waals surface area contributed by atoms with Crippen molar-refractivity contribution in [3.63, 3.8) is 0 Å². The summed E-state index contributed by atoms with van der Waals surface area (Å²) in [7, 11) is 1.76. The predicted molar refractivity (Wildman–Crippen MR) is 46.2 cm³/mol. The van der Waals surface area contributed by atoms with E-state index >= 15 is 0 Å². The van der Waals surface area contributed by atoms with Crippen LogP contribution in [0.2, 0.25) is 0 Å². The van der Waals surface area contributed by atoms with E-state index in [1.807, 2.05) is 0 Å². The molecule has 5 heteroatoms. The van der Waals surface area contributed by atoms with E-state index in [4.69, 9.17) is 0 Å². The van der Waals surface area contributed by atoms with Gasteiger partial charge < -0.3 is 5.11 Å². The molecule has 14 heavy (non-hydrogen) atoms. The minimum Gasteiger partial charge on any atom is -0.878 e. The second kappa shape index (κ2) is 5.34. The molecule has 0 amide bonds. The first-order valence-corrected chi connectivity index (χ1v) is 3.91. The zero-order chi connectivity index (χ0) is 10.0. The van der Waals surface area contributed by atoms with Crippen molar-refractivity contribution in [3.8, 4) is 0 Å². The van der Waals surface area contributed by atoms with Crippen molar-refractivity contribution in [1.82, 2.24) is 9.78 Å².